The molecule has 0 spiro atoms. The molecule has 1 amide bonds. The highest BCUT2D eigenvalue weighted by atomic mass is 32.2. The van der Waals surface area contributed by atoms with Crippen LogP contribution in [0.2, 0.25) is 0 Å². The number of benzene rings is 2. The van der Waals surface area contributed by atoms with Crippen molar-refractivity contribution in [2.24, 2.45) is 10.9 Å². The summed E-state index contributed by atoms with van der Waals surface area (Å²) < 4.78 is 1.94. The predicted octanol–water partition coefficient (Wildman–Crippen LogP) is 3.55. The Morgan fingerprint density at radius 2 is 1.97 bits per heavy atom. The van der Waals surface area contributed by atoms with Gasteiger partial charge in [-0.2, -0.15) is 5.10 Å². The van der Waals surface area contributed by atoms with Crippen LogP contribution in [0.25, 0.3) is 0 Å². The number of hydrogen-bond donors (Lipinski definition) is 2. The number of rotatable bonds is 8. The van der Waals surface area contributed by atoms with E-state index in [1.54, 1.807) is 11.8 Å². The van der Waals surface area contributed by atoms with Gasteiger partial charge in [-0.15, -0.1) is 11.8 Å². The lowest BCUT2D eigenvalue weighted by molar-refractivity contribution is -0.120. The number of thioether (sulfide) groups is 1. The zero-order chi connectivity index (χ0) is 21.5. The normalized spacial score (nSPS) is 11.4. The van der Waals surface area contributed by atoms with Crippen molar-refractivity contribution in [1.29, 1.82) is 0 Å². The van der Waals surface area contributed by atoms with Crippen LogP contribution in [0, 0.1) is 13.8 Å². The molecule has 0 unspecified atom stereocenters. The monoisotopic (exact) mass is 423 g/mol. The summed E-state index contributed by atoms with van der Waals surface area (Å²) in [4.78, 5) is 18.3. The number of carbonyl (C=O) groups is 1. The van der Waals surface area contributed by atoms with E-state index in [4.69, 9.17) is 10.6 Å². The van der Waals surface area contributed by atoms with Crippen LogP contribution < -0.4 is 11.1 Å². The summed E-state index contributed by atoms with van der Waals surface area (Å²) in [5.74, 6) is -0.0935. The Balaban J connectivity index is 1.55. The first-order valence-electron chi connectivity index (χ1n) is 9.44. The second-order valence-corrected chi connectivity index (χ2v) is 7.69. The molecule has 0 fully saturated rings. The first-order valence-corrected chi connectivity index (χ1v) is 10.7. The standard InChI is InChI=1S/C22H25N5O2S/c1-15-11-16(2)27(25-15)13-17-5-4-6-18(12-17)22(23)26-29-14-21(28)24-19-7-9-20(30-3)10-8-19/h4-12H,13-14H2,1-3H3,(H2,23,26)(H,24,28). The lowest BCUT2D eigenvalue weighted by Gasteiger charge is -2.08. The van der Waals surface area contributed by atoms with Gasteiger partial charge in [0.05, 0.1) is 12.2 Å². The molecule has 156 valence electrons. The molecule has 7 nitrogen and oxygen atoms in total. The van der Waals surface area contributed by atoms with Crippen molar-refractivity contribution in [2.75, 3.05) is 18.2 Å². The molecule has 8 heteroatoms. The highest BCUT2D eigenvalue weighted by molar-refractivity contribution is 7.98. The number of nitrogens with zero attached hydrogens (tertiary/aromatic N) is 3. The predicted molar refractivity (Wildman–Crippen MR) is 121 cm³/mol. The maximum absolute atomic E-state index is 12.0. The van der Waals surface area contributed by atoms with Crippen LogP contribution in [-0.2, 0) is 16.2 Å². The summed E-state index contributed by atoms with van der Waals surface area (Å²) in [6.07, 6.45) is 2.00. The van der Waals surface area contributed by atoms with E-state index in [1.165, 1.54) is 0 Å². The molecule has 0 aliphatic rings. The Morgan fingerprint density at radius 3 is 2.63 bits per heavy atom. The fourth-order valence-corrected chi connectivity index (χ4v) is 3.33. The Kier molecular flexibility index (Phi) is 7.13. The average molecular weight is 424 g/mol. The van der Waals surface area contributed by atoms with Crippen LogP contribution >= 0.6 is 11.8 Å². The van der Waals surface area contributed by atoms with E-state index in [1.807, 2.05) is 79.4 Å². The van der Waals surface area contributed by atoms with E-state index in [2.05, 4.69) is 15.6 Å². The highest BCUT2D eigenvalue weighted by Gasteiger charge is 2.07. The largest absolute Gasteiger partial charge is 0.384 e. The minimum absolute atomic E-state index is 0.211. The van der Waals surface area contributed by atoms with E-state index in [9.17, 15) is 4.79 Å². The quantitative estimate of drug-likeness (QED) is 0.250. The molecule has 1 heterocycles. The number of nitrogens with two attached hydrogens (primary N) is 1. The van der Waals surface area contributed by atoms with Crippen LogP contribution in [0.3, 0.4) is 0 Å². The maximum atomic E-state index is 12.0. The molecule has 3 N–H and O–H groups in total. The van der Waals surface area contributed by atoms with E-state index >= 15 is 0 Å². The molecule has 2 aromatic carbocycles. The lowest BCUT2D eigenvalue weighted by Crippen LogP contribution is -2.19. The third kappa shape index (κ3) is 5.87. The highest BCUT2D eigenvalue weighted by Crippen LogP contribution is 2.17. The van der Waals surface area contributed by atoms with Gasteiger partial charge in [-0.3, -0.25) is 9.48 Å². The van der Waals surface area contributed by atoms with Gasteiger partial charge in [0.1, 0.15) is 0 Å². The van der Waals surface area contributed by atoms with Crippen molar-refractivity contribution >= 4 is 29.2 Å². The zero-order valence-electron chi connectivity index (χ0n) is 17.3. The van der Waals surface area contributed by atoms with Gasteiger partial charge in [-0.1, -0.05) is 23.4 Å². The number of hydrogen-bond acceptors (Lipinski definition) is 5. The van der Waals surface area contributed by atoms with E-state index in [0.717, 1.165) is 27.4 Å². The summed E-state index contributed by atoms with van der Waals surface area (Å²) >= 11 is 1.64. The molecular formula is C22H25N5O2S. The van der Waals surface area contributed by atoms with Crippen LogP contribution in [-0.4, -0.2) is 34.4 Å². The molecule has 30 heavy (non-hydrogen) atoms. The molecular weight excluding hydrogens is 398 g/mol. The Bertz CT molecular complexity index is 1040. The minimum Gasteiger partial charge on any atom is -0.384 e. The second-order valence-electron chi connectivity index (χ2n) is 6.81. The van der Waals surface area contributed by atoms with Crippen molar-refractivity contribution in [1.82, 2.24) is 9.78 Å². The number of nitrogens with one attached hydrogen (secondary N) is 1. The molecule has 0 atom stereocenters. The average Bonchev–Trinajstić information content (AvgIpc) is 3.05. The van der Waals surface area contributed by atoms with Crippen LogP contribution in [0.15, 0.2) is 64.6 Å². The molecule has 0 aliphatic carbocycles. The molecule has 0 radical (unpaired) electrons. The minimum atomic E-state index is -0.304. The fourth-order valence-electron chi connectivity index (χ4n) is 2.92. The van der Waals surface area contributed by atoms with Crippen molar-refractivity contribution < 1.29 is 9.63 Å². The first-order chi connectivity index (χ1) is 14.4. The number of amidine groups is 1. The molecule has 0 saturated carbocycles. The van der Waals surface area contributed by atoms with Crippen molar-refractivity contribution in [3.8, 4) is 0 Å². The van der Waals surface area contributed by atoms with Crippen LogP contribution in [0.1, 0.15) is 22.5 Å². The summed E-state index contributed by atoms with van der Waals surface area (Å²) in [5.41, 5.74) is 10.6. The van der Waals surface area contributed by atoms with Gasteiger partial charge in [0, 0.05) is 21.8 Å². The van der Waals surface area contributed by atoms with E-state index in [-0.39, 0.29) is 18.3 Å². The van der Waals surface area contributed by atoms with Gasteiger partial charge in [0.25, 0.3) is 5.91 Å². The topological polar surface area (TPSA) is 94.5 Å². The lowest BCUT2D eigenvalue weighted by atomic mass is 10.1. The molecule has 0 saturated heterocycles. The summed E-state index contributed by atoms with van der Waals surface area (Å²) in [5, 5.41) is 11.1. The number of amides is 1. The summed E-state index contributed by atoms with van der Waals surface area (Å²) in [7, 11) is 0. The van der Waals surface area contributed by atoms with Gasteiger partial charge in [-0.05, 0) is 62.1 Å². The molecule has 1 aromatic heterocycles. The molecule has 3 rings (SSSR count). The van der Waals surface area contributed by atoms with Crippen molar-refractivity contribution in [3.05, 3.63) is 77.1 Å². The van der Waals surface area contributed by atoms with Crippen LogP contribution in [0.4, 0.5) is 5.69 Å². The van der Waals surface area contributed by atoms with E-state index < -0.39 is 0 Å². The third-order valence-corrected chi connectivity index (χ3v) is 5.13. The number of carbonyl (C=O) groups excluding carboxylic acids is 1. The van der Waals surface area contributed by atoms with Crippen molar-refractivity contribution in [2.45, 2.75) is 25.3 Å². The molecule has 0 aliphatic heterocycles. The van der Waals surface area contributed by atoms with Gasteiger partial charge in [-0.25, -0.2) is 0 Å². The van der Waals surface area contributed by atoms with Crippen LogP contribution in [0.5, 0.6) is 0 Å². The smallest absolute Gasteiger partial charge is 0.265 e. The molecule has 0 bridgehead atoms. The maximum Gasteiger partial charge on any atom is 0.265 e. The van der Waals surface area contributed by atoms with Gasteiger partial charge < -0.3 is 15.9 Å². The number of aryl methyl sites for hydroxylation is 2. The van der Waals surface area contributed by atoms with Gasteiger partial charge in [0.15, 0.2) is 12.4 Å². The molecule has 3 aromatic rings. The van der Waals surface area contributed by atoms with E-state index in [0.29, 0.717) is 12.2 Å². The summed E-state index contributed by atoms with van der Waals surface area (Å²) in [6, 6.07) is 17.3. The second kappa shape index (κ2) is 9.98. The first kappa shape index (κ1) is 21.4. The SMILES string of the molecule is CSc1ccc(NC(=O)CO/N=C(/N)c2cccc(Cn3nc(C)cc3C)c2)cc1. The number of aromatic nitrogens is 2. The summed E-state index contributed by atoms with van der Waals surface area (Å²) in [6.45, 7) is 4.41. The Morgan fingerprint density at radius 1 is 1.20 bits per heavy atom. The Labute approximate surface area is 180 Å². The fraction of sp³-hybridized carbons (Fsp3) is 0.227. The number of oxime groups is 1. The van der Waals surface area contributed by atoms with Gasteiger partial charge >= 0.3 is 0 Å². The third-order valence-electron chi connectivity index (χ3n) is 4.39. The zero-order valence-corrected chi connectivity index (χ0v) is 18.1. The Hall–Kier alpha value is -3.26. The van der Waals surface area contributed by atoms with Gasteiger partial charge in [0.2, 0.25) is 0 Å². The van der Waals surface area contributed by atoms with Crippen molar-refractivity contribution in [3.63, 3.8) is 0 Å². The number of anilines is 1.